The largest absolute Gasteiger partial charge is 0.491 e. The highest BCUT2D eigenvalue weighted by Gasteiger charge is 2.22. The zero-order valence-electron chi connectivity index (χ0n) is 10.5. The van der Waals surface area contributed by atoms with Crippen LogP contribution < -0.4 is 4.74 Å². The third-order valence-electron chi connectivity index (χ3n) is 2.61. The van der Waals surface area contributed by atoms with E-state index in [0.29, 0.717) is 12.2 Å². The van der Waals surface area contributed by atoms with Crippen molar-refractivity contribution < 1.29 is 19.0 Å². The summed E-state index contributed by atoms with van der Waals surface area (Å²) in [4.78, 5) is 11.2. The Morgan fingerprint density at radius 2 is 2.11 bits per heavy atom. The Kier molecular flexibility index (Phi) is 3.99. The molecule has 0 aliphatic carbocycles. The number of hydrogen-bond acceptors (Lipinski definition) is 4. The molecule has 2 rings (SSSR count). The Balaban J connectivity index is 1.95. The number of esters is 1. The number of epoxide rings is 1. The van der Waals surface area contributed by atoms with Crippen molar-refractivity contribution in [3.8, 4) is 5.75 Å². The molecular formula is C14H16O4. The van der Waals surface area contributed by atoms with E-state index in [4.69, 9.17) is 9.47 Å². The van der Waals surface area contributed by atoms with Crippen LogP contribution in [0.25, 0.3) is 6.08 Å². The van der Waals surface area contributed by atoms with Gasteiger partial charge in [-0.05, 0) is 30.7 Å². The summed E-state index contributed by atoms with van der Waals surface area (Å²) in [5.74, 6) is 0.486. The Morgan fingerprint density at radius 3 is 2.67 bits per heavy atom. The third kappa shape index (κ3) is 3.60. The minimum Gasteiger partial charge on any atom is -0.491 e. The van der Waals surface area contributed by atoms with Gasteiger partial charge in [0.05, 0.1) is 13.7 Å². The van der Waals surface area contributed by atoms with Crippen LogP contribution in [0.1, 0.15) is 12.5 Å². The molecule has 96 valence electrons. The summed E-state index contributed by atoms with van der Waals surface area (Å²) in [6.07, 6.45) is 2.03. The molecular weight excluding hydrogens is 232 g/mol. The lowest BCUT2D eigenvalue weighted by atomic mass is 10.1. The van der Waals surface area contributed by atoms with Crippen molar-refractivity contribution in [2.24, 2.45) is 0 Å². The highest BCUT2D eigenvalue weighted by Crippen LogP contribution is 2.17. The molecule has 1 heterocycles. The lowest BCUT2D eigenvalue weighted by Gasteiger charge is -2.04. The molecule has 0 N–H and O–H groups in total. The maximum atomic E-state index is 11.2. The summed E-state index contributed by atoms with van der Waals surface area (Å²) in [5.41, 5.74) is 1.51. The van der Waals surface area contributed by atoms with Crippen LogP contribution in [-0.2, 0) is 14.3 Å². The van der Waals surface area contributed by atoms with Crippen molar-refractivity contribution in [1.29, 1.82) is 0 Å². The van der Waals surface area contributed by atoms with E-state index in [0.717, 1.165) is 17.9 Å². The summed E-state index contributed by atoms with van der Waals surface area (Å²) in [7, 11) is 1.37. The van der Waals surface area contributed by atoms with Crippen LogP contribution in [0.2, 0.25) is 0 Å². The van der Waals surface area contributed by atoms with Crippen LogP contribution in [-0.4, -0.2) is 32.4 Å². The minimum absolute atomic E-state index is 0.256. The first-order valence-corrected chi connectivity index (χ1v) is 5.80. The van der Waals surface area contributed by atoms with Gasteiger partial charge in [-0.2, -0.15) is 0 Å². The molecule has 1 unspecified atom stereocenters. The predicted octanol–water partition coefficient (Wildman–Crippen LogP) is 2.04. The van der Waals surface area contributed by atoms with Crippen LogP contribution in [0.15, 0.2) is 29.8 Å². The molecule has 0 amide bonds. The van der Waals surface area contributed by atoms with Crippen molar-refractivity contribution >= 4 is 12.0 Å². The molecule has 1 atom stereocenters. The quantitative estimate of drug-likeness (QED) is 0.454. The van der Waals surface area contributed by atoms with Crippen molar-refractivity contribution in [2.45, 2.75) is 13.0 Å². The first kappa shape index (κ1) is 12.6. The average Bonchev–Trinajstić information content (AvgIpc) is 3.21. The number of ether oxygens (including phenoxy) is 3. The molecule has 1 fully saturated rings. The fourth-order valence-electron chi connectivity index (χ4n) is 1.48. The number of benzene rings is 1. The number of carbonyl (C=O) groups excluding carboxylic acids is 1. The van der Waals surface area contributed by atoms with E-state index in [9.17, 15) is 4.79 Å². The van der Waals surface area contributed by atoms with Crippen LogP contribution in [0.3, 0.4) is 0 Å². The van der Waals surface area contributed by atoms with E-state index in [1.54, 1.807) is 13.0 Å². The monoisotopic (exact) mass is 248 g/mol. The number of rotatable bonds is 5. The fraction of sp³-hybridized carbons (Fsp3) is 0.357. The van der Waals surface area contributed by atoms with E-state index < -0.39 is 0 Å². The summed E-state index contributed by atoms with van der Waals surface area (Å²) in [6, 6.07) is 7.54. The standard InChI is InChI=1S/C14H16O4/c1-10(14(15)16-2)7-11-3-5-12(6-4-11)17-8-13-9-18-13/h3-7,13H,8-9H2,1-2H3/b10-7+. The van der Waals surface area contributed by atoms with Gasteiger partial charge in [0.15, 0.2) is 0 Å². The van der Waals surface area contributed by atoms with Gasteiger partial charge in [-0.3, -0.25) is 0 Å². The fourth-order valence-corrected chi connectivity index (χ4v) is 1.48. The first-order chi connectivity index (χ1) is 8.69. The molecule has 0 radical (unpaired) electrons. The predicted molar refractivity (Wildman–Crippen MR) is 67.3 cm³/mol. The summed E-state index contributed by atoms with van der Waals surface area (Å²) in [5, 5.41) is 0. The van der Waals surface area contributed by atoms with E-state index in [2.05, 4.69) is 4.74 Å². The van der Waals surface area contributed by atoms with Crippen LogP contribution in [0.5, 0.6) is 5.75 Å². The molecule has 0 spiro atoms. The second-order valence-corrected chi connectivity index (χ2v) is 4.15. The smallest absolute Gasteiger partial charge is 0.333 e. The van der Waals surface area contributed by atoms with Crippen LogP contribution in [0, 0.1) is 0 Å². The lowest BCUT2D eigenvalue weighted by molar-refractivity contribution is -0.135. The molecule has 1 aromatic carbocycles. The van der Waals surface area contributed by atoms with Crippen molar-refractivity contribution in [1.82, 2.24) is 0 Å². The first-order valence-electron chi connectivity index (χ1n) is 5.80. The molecule has 0 bridgehead atoms. The highest BCUT2D eigenvalue weighted by atomic mass is 16.6. The van der Waals surface area contributed by atoms with Crippen molar-refractivity contribution in [3.63, 3.8) is 0 Å². The van der Waals surface area contributed by atoms with Gasteiger partial charge < -0.3 is 14.2 Å². The maximum absolute atomic E-state index is 11.2. The normalized spacial score (nSPS) is 18.3. The van der Waals surface area contributed by atoms with Crippen LogP contribution in [0.4, 0.5) is 0 Å². The van der Waals surface area contributed by atoms with Gasteiger partial charge in [0.2, 0.25) is 0 Å². The highest BCUT2D eigenvalue weighted by molar-refractivity contribution is 5.92. The third-order valence-corrected chi connectivity index (χ3v) is 2.61. The molecule has 1 aliphatic rings. The van der Waals surface area contributed by atoms with Gasteiger partial charge >= 0.3 is 5.97 Å². The van der Waals surface area contributed by atoms with Gasteiger partial charge in [-0.15, -0.1) is 0 Å². The molecule has 18 heavy (non-hydrogen) atoms. The van der Waals surface area contributed by atoms with Gasteiger partial charge in [0.25, 0.3) is 0 Å². The van der Waals surface area contributed by atoms with E-state index in [1.807, 2.05) is 24.3 Å². The molecule has 1 aliphatic heterocycles. The summed E-state index contributed by atoms with van der Waals surface area (Å²) in [6.45, 7) is 3.11. The van der Waals surface area contributed by atoms with Crippen molar-refractivity contribution in [3.05, 3.63) is 35.4 Å². The second kappa shape index (κ2) is 5.69. The molecule has 0 aromatic heterocycles. The van der Waals surface area contributed by atoms with E-state index >= 15 is 0 Å². The van der Waals surface area contributed by atoms with E-state index in [1.165, 1.54) is 7.11 Å². The van der Waals surface area contributed by atoms with Gasteiger partial charge in [-0.25, -0.2) is 4.79 Å². The Bertz CT molecular complexity index is 443. The maximum Gasteiger partial charge on any atom is 0.333 e. The summed E-state index contributed by atoms with van der Waals surface area (Å²) < 4.78 is 15.2. The average molecular weight is 248 g/mol. The molecule has 0 saturated carbocycles. The van der Waals surface area contributed by atoms with Crippen LogP contribution >= 0.6 is 0 Å². The summed E-state index contributed by atoms with van der Waals surface area (Å²) >= 11 is 0. The van der Waals surface area contributed by atoms with Gasteiger partial charge in [0, 0.05) is 5.57 Å². The van der Waals surface area contributed by atoms with Gasteiger partial charge in [0.1, 0.15) is 18.5 Å². The van der Waals surface area contributed by atoms with E-state index in [-0.39, 0.29) is 12.1 Å². The Hall–Kier alpha value is -1.81. The number of carbonyl (C=O) groups is 1. The second-order valence-electron chi connectivity index (χ2n) is 4.15. The van der Waals surface area contributed by atoms with Gasteiger partial charge in [-0.1, -0.05) is 12.1 Å². The number of hydrogen-bond donors (Lipinski definition) is 0. The molecule has 1 aromatic rings. The minimum atomic E-state index is -0.318. The molecule has 4 nitrogen and oxygen atoms in total. The topological polar surface area (TPSA) is 48.1 Å². The zero-order valence-corrected chi connectivity index (χ0v) is 10.5. The van der Waals surface area contributed by atoms with Crippen molar-refractivity contribution in [2.75, 3.05) is 20.3 Å². The molecule has 1 saturated heterocycles. The zero-order chi connectivity index (χ0) is 13.0. The Morgan fingerprint density at radius 1 is 1.44 bits per heavy atom. The SMILES string of the molecule is COC(=O)/C(C)=C/c1ccc(OCC2CO2)cc1. The number of methoxy groups -OCH3 is 1. The lowest BCUT2D eigenvalue weighted by Crippen LogP contribution is -2.03. The Labute approximate surface area is 106 Å². The molecule has 4 heteroatoms.